The fourth-order valence-electron chi connectivity index (χ4n) is 5.92. The number of rotatable bonds is 2. The molecule has 2 aromatic heterocycles. The first-order valence-corrected chi connectivity index (χ1v) is 13.5. The van der Waals surface area contributed by atoms with Crippen molar-refractivity contribution in [3.63, 3.8) is 0 Å². The summed E-state index contributed by atoms with van der Waals surface area (Å²) in [7, 11) is 0. The van der Waals surface area contributed by atoms with Gasteiger partial charge < -0.3 is 14.8 Å². The molecule has 0 unspecified atom stereocenters. The Morgan fingerprint density at radius 3 is 2.70 bits per heavy atom. The highest BCUT2D eigenvalue weighted by molar-refractivity contribution is 7.15. The highest BCUT2D eigenvalue weighted by atomic mass is 35.5. The topological polar surface area (TPSA) is 37.3 Å². The van der Waals surface area contributed by atoms with E-state index >= 15 is 0 Å². The number of urea groups is 1. The lowest BCUT2D eigenvalue weighted by Gasteiger charge is -2.34. The molecule has 4 nitrogen and oxygen atoms in total. The molecule has 1 saturated carbocycles. The molecule has 3 aliphatic rings. The third kappa shape index (κ3) is 3.89. The maximum absolute atomic E-state index is 13.9. The average Bonchev–Trinajstić information content (AvgIpc) is 3.41. The number of aryl methyl sites for hydroxylation is 1. The smallest absolute Gasteiger partial charge is 0.318 e. The number of amides is 2. The van der Waals surface area contributed by atoms with Crippen LogP contribution in [0.3, 0.4) is 0 Å². The van der Waals surface area contributed by atoms with E-state index in [1.165, 1.54) is 53.1 Å². The van der Waals surface area contributed by atoms with Crippen LogP contribution in [-0.2, 0) is 19.4 Å². The lowest BCUT2D eigenvalue weighted by atomic mass is 9.94. The highest BCUT2D eigenvalue weighted by Crippen LogP contribution is 2.44. The van der Waals surface area contributed by atoms with E-state index in [2.05, 4.69) is 39.2 Å². The standard InChI is InChI=1S/C27H30ClN3OS/c28-19-9-6-8-18(16-19)25-23-13-7-15-30(23)26-22(21-12-4-5-14-24(21)33-26)17-31(25)27(32)29-20-10-2-1-3-11-20/h6-9,13,15-16,20,25H,1-5,10-12,14,17H2,(H,29,32)/t25-/m1/s1. The van der Waals surface area contributed by atoms with E-state index in [1.54, 1.807) is 0 Å². The molecule has 33 heavy (non-hydrogen) atoms. The minimum absolute atomic E-state index is 0.0447. The molecule has 1 atom stereocenters. The van der Waals surface area contributed by atoms with Gasteiger partial charge in [-0.05, 0) is 73.9 Å². The van der Waals surface area contributed by atoms with E-state index in [1.807, 2.05) is 29.5 Å². The van der Waals surface area contributed by atoms with Crippen LogP contribution in [0.5, 0.6) is 0 Å². The van der Waals surface area contributed by atoms with E-state index < -0.39 is 0 Å². The van der Waals surface area contributed by atoms with Crippen LogP contribution in [0.1, 0.15) is 78.2 Å². The zero-order chi connectivity index (χ0) is 22.4. The van der Waals surface area contributed by atoms with Gasteiger partial charge in [0.05, 0.1) is 18.3 Å². The number of carbonyl (C=O) groups is 1. The summed E-state index contributed by atoms with van der Waals surface area (Å²) in [6.45, 7) is 0.637. The van der Waals surface area contributed by atoms with Crippen LogP contribution in [0.15, 0.2) is 42.6 Å². The van der Waals surface area contributed by atoms with Crippen LogP contribution < -0.4 is 5.32 Å². The molecule has 2 aliphatic carbocycles. The Balaban J connectivity index is 1.47. The summed E-state index contributed by atoms with van der Waals surface area (Å²) in [5.74, 6) is 0. The summed E-state index contributed by atoms with van der Waals surface area (Å²) in [4.78, 5) is 17.5. The number of fused-ring (bicyclic) bond motifs is 5. The van der Waals surface area contributed by atoms with Gasteiger partial charge in [-0.2, -0.15) is 0 Å². The molecule has 1 N–H and O–H groups in total. The SMILES string of the molecule is O=C(NC1CCCCC1)N1Cc2c(sc3c2CCCC3)-n2cccc2[C@H]1c1cccc(Cl)c1. The van der Waals surface area contributed by atoms with Gasteiger partial charge in [0.25, 0.3) is 0 Å². The predicted octanol–water partition coefficient (Wildman–Crippen LogP) is 7.02. The molecule has 1 aliphatic heterocycles. The molecule has 172 valence electrons. The Bertz CT molecular complexity index is 1180. The molecule has 2 amide bonds. The quantitative estimate of drug-likeness (QED) is 0.421. The van der Waals surface area contributed by atoms with E-state index in [4.69, 9.17) is 11.6 Å². The van der Waals surface area contributed by atoms with Crippen molar-refractivity contribution in [2.45, 2.75) is 76.4 Å². The fourth-order valence-corrected chi connectivity index (χ4v) is 7.52. The third-order valence-corrected chi connectivity index (χ3v) is 9.11. The van der Waals surface area contributed by atoms with Gasteiger partial charge in [-0.3, -0.25) is 0 Å². The molecular formula is C27H30ClN3OS. The minimum Gasteiger partial charge on any atom is -0.335 e. The zero-order valence-electron chi connectivity index (χ0n) is 18.9. The van der Waals surface area contributed by atoms with E-state index in [9.17, 15) is 4.79 Å². The molecule has 0 radical (unpaired) electrons. The Morgan fingerprint density at radius 2 is 1.85 bits per heavy atom. The van der Waals surface area contributed by atoms with Crippen LogP contribution in [-0.4, -0.2) is 21.5 Å². The number of aromatic nitrogens is 1. The maximum atomic E-state index is 13.9. The fraction of sp³-hybridized carbons (Fsp3) is 0.444. The summed E-state index contributed by atoms with van der Waals surface area (Å²) in [6.07, 6.45) is 12.8. The minimum atomic E-state index is -0.180. The second kappa shape index (κ2) is 8.84. The molecule has 3 aromatic rings. The van der Waals surface area contributed by atoms with E-state index in [0.29, 0.717) is 11.6 Å². The van der Waals surface area contributed by atoms with Crippen molar-refractivity contribution in [2.24, 2.45) is 0 Å². The zero-order valence-corrected chi connectivity index (χ0v) is 20.4. The summed E-state index contributed by atoms with van der Waals surface area (Å²) in [5, 5.41) is 5.40. The molecule has 0 bridgehead atoms. The molecule has 1 fully saturated rings. The van der Waals surface area contributed by atoms with Crippen molar-refractivity contribution in [3.8, 4) is 5.00 Å². The molecule has 3 heterocycles. The van der Waals surface area contributed by atoms with E-state index in [0.717, 1.165) is 36.9 Å². The number of benzene rings is 1. The molecule has 0 spiro atoms. The van der Waals surface area contributed by atoms with Crippen molar-refractivity contribution < 1.29 is 4.79 Å². The number of hydrogen-bond donors (Lipinski definition) is 1. The van der Waals surface area contributed by atoms with Gasteiger partial charge in [-0.1, -0.05) is 43.0 Å². The monoisotopic (exact) mass is 479 g/mol. The number of halogens is 1. The lowest BCUT2D eigenvalue weighted by molar-refractivity contribution is 0.173. The Hall–Kier alpha value is -2.24. The summed E-state index contributed by atoms with van der Waals surface area (Å²) in [6, 6.07) is 12.4. The lowest BCUT2D eigenvalue weighted by Crippen LogP contribution is -2.46. The number of carbonyl (C=O) groups excluding carboxylic acids is 1. The largest absolute Gasteiger partial charge is 0.335 e. The molecular weight excluding hydrogens is 450 g/mol. The predicted molar refractivity (Wildman–Crippen MR) is 135 cm³/mol. The highest BCUT2D eigenvalue weighted by Gasteiger charge is 2.36. The van der Waals surface area contributed by atoms with Crippen molar-refractivity contribution in [3.05, 3.63) is 74.9 Å². The number of hydrogen-bond acceptors (Lipinski definition) is 2. The second-order valence-electron chi connectivity index (χ2n) is 9.67. The van der Waals surface area contributed by atoms with Gasteiger partial charge in [0.15, 0.2) is 0 Å². The third-order valence-electron chi connectivity index (χ3n) is 7.54. The molecule has 0 saturated heterocycles. The van der Waals surface area contributed by atoms with Crippen molar-refractivity contribution in [2.75, 3.05) is 0 Å². The number of thiophene rings is 1. The van der Waals surface area contributed by atoms with E-state index in [-0.39, 0.29) is 18.1 Å². The van der Waals surface area contributed by atoms with Crippen LogP contribution in [0.4, 0.5) is 4.79 Å². The molecule has 6 rings (SSSR count). The van der Waals surface area contributed by atoms with Gasteiger partial charge in [0, 0.05) is 27.7 Å². The Morgan fingerprint density at radius 1 is 1.00 bits per heavy atom. The van der Waals surface area contributed by atoms with Crippen LogP contribution in [0.2, 0.25) is 5.02 Å². The van der Waals surface area contributed by atoms with Gasteiger partial charge in [0.2, 0.25) is 0 Å². The Kier molecular flexibility index (Phi) is 5.71. The summed E-state index contributed by atoms with van der Waals surface area (Å²) in [5.41, 5.74) is 5.03. The van der Waals surface area contributed by atoms with Crippen LogP contribution >= 0.6 is 22.9 Å². The average molecular weight is 480 g/mol. The summed E-state index contributed by atoms with van der Waals surface area (Å²) >= 11 is 8.35. The van der Waals surface area contributed by atoms with Crippen molar-refractivity contribution >= 4 is 29.0 Å². The Labute approximate surface area is 204 Å². The normalized spacial score (nSPS) is 20.5. The number of nitrogens with one attached hydrogen (secondary N) is 1. The number of nitrogens with zero attached hydrogens (tertiary/aromatic N) is 2. The maximum Gasteiger partial charge on any atom is 0.318 e. The van der Waals surface area contributed by atoms with Gasteiger partial charge in [-0.25, -0.2) is 4.79 Å². The van der Waals surface area contributed by atoms with Crippen LogP contribution in [0.25, 0.3) is 5.00 Å². The van der Waals surface area contributed by atoms with Crippen molar-refractivity contribution in [1.29, 1.82) is 0 Å². The molecule has 6 heteroatoms. The van der Waals surface area contributed by atoms with Crippen LogP contribution in [0, 0.1) is 0 Å². The summed E-state index contributed by atoms with van der Waals surface area (Å²) < 4.78 is 2.33. The first-order valence-electron chi connectivity index (χ1n) is 12.3. The second-order valence-corrected chi connectivity index (χ2v) is 11.2. The molecule has 1 aromatic carbocycles. The van der Waals surface area contributed by atoms with Gasteiger partial charge in [0.1, 0.15) is 5.00 Å². The first kappa shape index (κ1) is 21.3. The van der Waals surface area contributed by atoms with Crippen molar-refractivity contribution in [1.82, 2.24) is 14.8 Å². The van der Waals surface area contributed by atoms with Gasteiger partial charge >= 0.3 is 6.03 Å². The first-order chi connectivity index (χ1) is 16.2. The van der Waals surface area contributed by atoms with Gasteiger partial charge in [-0.15, -0.1) is 11.3 Å².